The van der Waals surface area contributed by atoms with E-state index in [9.17, 15) is 19.5 Å². The lowest BCUT2D eigenvalue weighted by Gasteiger charge is -2.38. The van der Waals surface area contributed by atoms with Crippen molar-refractivity contribution >= 4 is 28.6 Å². The Morgan fingerprint density at radius 1 is 1.06 bits per heavy atom. The van der Waals surface area contributed by atoms with Gasteiger partial charge in [-0.2, -0.15) is 5.10 Å². The summed E-state index contributed by atoms with van der Waals surface area (Å²) in [5, 5.41) is 22.2. The molecule has 0 radical (unpaired) electrons. The Hall–Kier alpha value is -3.82. The Bertz CT molecular complexity index is 1420. The molecule has 9 nitrogen and oxygen atoms in total. The maximum Gasteiger partial charge on any atom is 0.262 e. The molecule has 3 aromatic rings. The minimum Gasteiger partial charge on any atom is -0.385 e. The second kappa shape index (κ2) is 8.39. The highest BCUT2D eigenvalue weighted by Crippen LogP contribution is 2.37. The van der Waals surface area contributed by atoms with Gasteiger partial charge >= 0.3 is 0 Å². The van der Waals surface area contributed by atoms with Crippen molar-refractivity contribution in [2.24, 2.45) is 0 Å². The van der Waals surface area contributed by atoms with Crippen molar-refractivity contribution in [1.82, 2.24) is 25.3 Å². The number of carbonyl (C=O) groups is 3. The van der Waals surface area contributed by atoms with Gasteiger partial charge in [-0.3, -0.25) is 29.3 Å². The Labute approximate surface area is 207 Å². The van der Waals surface area contributed by atoms with Crippen molar-refractivity contribution < 1.29 is 19.5 Å². The molecule has 1 aromatic heterocycles. The number of amides is 3. The number of aromatic amines is 1. The quantitative estimate of drug-likeness (QED) is 0.489. The molecule has 0 spiro atoms. The van der Waals surface area contributed by atoms with Gasteiger partial charge in [0.1, 0.15) is 6.04 Å². The van der Waals surface area contributed by atoms with E-state index < -0.39 is 23.5 Å². The average molecular weight is 486 g/mol. The van der Waals surface area contributed by atoms with Crippen LogP contribution in [0.25, 0.3) is 10.9 Å². The number of hydrogen-bond donors (Lipinski definition) is 3. The van der Waals surface area contributed by atoms with Gasteiger partial charge in [-0.05, 0) is 61.1 Å². The van der Waals surface area contributed by atoms with Crippen molar-refractivity contribution in [3.05, 3.63) is 77.1 Å². The van der Waals surface area contributed by atoms with Gasteiger partial charge in [0.05, 0.1) is 28.4 Å². The summed E-state index contributed by atoms with van der Waals surface area (Å²) >= 11 is 0. The highest BCUT2D eigenvalue weighted by atomic mass is 16.3. The summed E-state index contributed by atoms with van der Waals surface area (Å²) in [4.78, 5) is 42.0. The zero-order chi connectivity index (χ0) is 25.0. The molecule has 36 heavy (non-hydrogen) atoms. The second-order valence-electron chi connectivity index (χ2n) is 9.99. The number of piperidine rings is 2. The second-order valence-corrected chi connectivity index (χ2v) is 9.99. The first-order valence-corrected chi connectivity index (χ1v) is 12.2. The first kappa shape index (κ1) is 22.6. The number of rotatable bonds is 4. The van der Waals surface area contributed by atoms with Crippen LogP contribution in [0.15, 0.2) is 54.9 Å². The fourth-order valence-corrected chi connectivity index (χ4v) is 5.56. The lowest BCUT2D eigenvalue weighted by molar-refractivity contribution is -0.125. The monoisotopic (exact) mass is 485 g/mol. The van der Waals surface area contributed by atoms with Crippen LogP contribution in [-0.4, -0.2) is 62.0 Å². The lowest BCUT2D eigenvalue weighted by atomic mass is 9.83. The standard InChI is InChI=1S/C27H27N5O4/c1-16-2-7-23(24(33)29-16)32-25(34)20-5-4-19(13-21(20)26(32)35)27(36)8-10-31(11-9-27)15-17-3-6-22-18(12-17)14-28-30-22/h3-6,12-14,23,36H,1-2,7-11,15H2,(H,28,30)(H,29,33). The number of imide groups is 1. The maximum absolute atomic E-state index is 13.2. The van der Waals surface area contributed by atoms with E-state index in [0.29, 0.717) is 50.0 Å². The number of H-pyrrole nitrogens is 1. The van der Waals surface area contributed by atoms with Gasteiger partial charge in [0.25, 0.3) is 11.8 Å². The fourth-order valence-electron chi connectivity index (χ4n) is 5.56. The molecule has 9 heteroatoms. The van der Waals surface area contributed by atoms with Crippen molar-refractivity contribution in [3.63, 3.8) is 0 Å². The molecule has 4 heterocycles. The van der Waals surface area contributed by atoms with E-state index in [1.807, 2.05) is 12.3 Å². The van der Waals surface area contributed by atoms with E-state index in [2.05, 4.69) is 39.1 Å². The number of hydrogen-bond acceptors (Lipinski definition) is 6. The highest BCUT2D eigenvalue weighted by Gasteiger charge is 2.45. The van der Waals surface area contributed by atoms with Gasteiger partial charge < -0.3 is 10.4 Å². The zero-order valence-electron chi connectivity index (χ0n) is 19.8. The summed E-state index contributed by atoms with van der Waals surface area (Å²) in [5.41, 5.74) is 2.85. The molecule has 1 unspecified atom stereocenters. The predicted molar refractivity (Wildman–Crippen MR) is 132 cm³/mol. The Morgan fingerprint density at radius 2 is 1.83 bits per heavy atom. The summed E-state index contributed by atoms with van der Waals surface area (Å²) in [7, 11) is 0. The van der Waals surface area contributed by atoms with Crippen LogP contribution in [0.4, 0.5) is 0 Å². The number of allylic oxidation sites excluding steroid dienone is 1. The third kappa shape index (κ3) is 3.71. The van der Waals surface area contributed by atoms with Crippen LogP contribution in [-0.2, 0) is 16.9 Å². The van der Waals surface area contributed by atoms with Crippen LogP contribution in [0.5, 0.6) is 0 Å². The number of carbonyl (C=O) groups excluding carboxylic acids is 3. The molecule has 3 amide bonds. The molecule has 0 bridgehead atoms. The Morgan fingerprint density at radius 3 is 2.61 bits per heavy atom. The third-order valence-corrected chi connectivity index (χ3v) is 7.68. The first-order chi connectivity index (χ1) is 17.3. The molecular formula is C27H27N5O4. The van der Waals surface area contributed by atoms with Gasteiger partial charge in [0.15, 0.2) is 0 Å². The summed E-state index contributed by atoms with van der Waals surface area (Å²) in [6.45, 7) is 5.93. The molecule has 3 aliphatic heterocycles. The van der Waals surface area contributed by atoms with Crippen LogP contribution in [0.2, 0.25) is 0 Å². The Balaban J connectivity index is 1.17. The summed E-state index contributed by atoms with van der Waals surface area (Å²) in [6.07, 6.45) is 3.71. The molecule has 2 saturated heterocycles. The molecule has 0 saturated carbocycles. The van der Waals surface area contributed by atoms with Gasteiger partial charge in [0, 0.05) is 30.7 Å². The number of benzene rings is 2. The number of nitrogens with one attached hydrogen (secondary N) is 2. The molecule has 0 aliphatic carbocycles. The summed E-state index contributed by atoms with van der Waals surface area (Å²) in [6, 6.07) is 10.4. The molecule has 184 valence electrons. The Kier molecular flexibility index (Phi) is 5.27. The van der Waals surface area contributed by atoms with Gasteiger partial charge in [-0.15, -0.1) is 0 Å². The third-order valence-electron chi connectivity index (χ3n) is 7.68. The number of aromatic nitrogens is 2. The largest absolute Gasteiger partial charge is 0.385 e. The van der Waals surface area contributed by atoms with Gasteiger partial charge in [-0.25, -0.2) is 0 Å². The van der Waals surface area contributed by atoms with E-state index in [1.165, 1.54) is 5.56 Å². The van der Waals surface area contributed by atoms with Gasteiger partial charge in [0.2, 0.25) is 5.91 Å². The molecule has 2 fully saturated rings. The normalized spacial score (nSPS) is 22.2. The SMILES string of the molecule is C=C1CCC(N2C(=O)c3ccc(C4(O)CCN(Cc5ccc6[nH]ncc6c5)CC4)cc3C2=O)C(=O)N1. The molecule has 3 N–H and O–H groups in total. The molecule has 3 aliphatic rings. The van der Waals surface area contributed by atoms with Crippen molar-refractivity contribution in [2.45, 2.75) is 43.9 Å². The minimum absolute atomic E-state index is 0.249. The molecule has 6 rings (SSSR count). The molecule has 2 aromatic carbocycles. The summed E-state index contributed by atoms with van der Waals surface area (Å²) in [5.74, 6) is -1.34. The fraction of sp³-hybridized carbons (Fsp3) is 0.333. The van der Waals surface area contributed by atoms with Crippen LogP contribution in [0.3, 0.4) is 0 Å². The van der Waals surface area contributed by atoms with E-state index in [1.54, 1.807) is 18.2 Å². The molecular weight excluding hydrogens is 458 g/mol. The van der Waals surface area contributed by atoms with Crippen molar-refractivity contribution in [3.8, 4) is 0 Å². The zero-order valence-corrected chi connectivity index (χ0v) is 19.8. The number of fused-ring (bicyclic) bond motifs is 2. The highest BCUT2D eigenvalue weighted by molar-refractivity contribution is 6.23. The van der Waals surface area contributed by atoms with E-state index in [4.69, 9.17) is 0 Å². The van der Waals surface area contributed by atoms with E-state index >= 15 is 0 Å². The van der Waals surface area contributed by atoms with Crippen LogP contribution >= 0.6 is 0 Å². The van der Waals surface area contributed by atoms with E-state index in [0.717, 1.165) is 22.3 Å². The van der Waals surface area contributed by atoms with Gasteiger partial charge in [-0.1, -0.05) is 18.7 Å². The van der Waals surface area contributed by atoms with Crippen molar-refractivity contribution in [2.75, 3.05) is 13.1 Å². The lowest BCUT2D eigenvalue weighted by Crippen LogP contribution is -2.51. The van der Waals surface area contributed by atoms with E-state index in [-0.39, 0.29) is 17.0 Å². The minimum atomic E-state index is -1.09. The van der Waals surface area contributed by atoms with Crippen LogP contribution in [0, 0.1) is 0 Å². The maximum atomic E-state index is 13.2. The first-order valence-electron chi connectivity index (χ1n) is 12.2. The average Bonchev–Trinajstić information content (AvgIpc) is 3.43. The summed E-state index contributed by atoms with van der Waals surface area (Å²) < 4.78 is 0. The van der Waals surface area contributed by atoms with Crippen molar-refractivity contribution in [1.29, 1.82) is 0 Å². The topological polar surface area (TPSA) is 119 Å². The van der Waals surface area contributed by atoms with Crippen LogP contribution < -0.4 is 5.32 Å². The number of nitrogens with zero attached hydrogens (tertiary/aromatic N) is 3. The van der Waals surface area contributed by atoms with Crippen LogP contribution in [0.1, 0.15) is 57.5 Å². The number of aliphatic hydroxyl groups is 1. The predicted octanol–water partition coefficient (Wildman–Crippen LogP) is 2.43. The molecule has 1 atom stereocenters. The number of likely N-dealkylation sites (tertiary alicyclic amines) is 1. The smallest absolute Gasteiger partial charge is 0.262 e.